The van der Waals surface area contributed by atoms with Gasteiger partial charge < -0.3 is 10.2 Å². The van der Waals surface area contributed by atoms with E-state index in [0.29, 0.717) is 12.5 Å². The molecule has 0 bridgehead atoms. The monoisotopic (exact) mass is 294 g/mol. The molecule has 1 N–H and O–H groups in total. The average Bonchev–Trinajstić information content (AvgIpc) is 2.42. The number of benzene rings is 1. The number of aryl methyl sites for hydroxylation is 1. The second-order valence-corrected chi connectivity index (χ2v) is 5.80. The molecular weight excluding hydrogens is 267 g/mol. The number of amides is 1. The number of carbonyl (C=O) groups is 1. The molecule has 0 heterocycles. The number of rotatable bonds is 7. The number of hydrogen-bond acceptors (Lipinski definition) is 2. The van der Waals surface area contributed by atoms with E-state index in [1.165, 1.54) is 6.07 Å². The van der Waals surface area contributed by atoms with Gasteiger partial charge >= 0.3 is 0 Å². The van der Waals surface area contributed by atoms with E-state index in [9.17, 15) is 9.18 Å². The van der Waals surface area contributed by atoms with Gasteiger partial charge in [-0.1, -0.05) is 32.8 Å². The molecule has 1 amide bonds. The predicted molar refractivity (Wildman–Crippen MR) is 85.0 cm³/mol. The van der Waals surface area contributed by atoms with Crippen LogP contribution in [0.3, 0.4) is 0 Å². The molecule has 1 atom stereocenters. The zero-order chi connectivity index (χ0) is 16.0. The molecule has 0 saturated carbocycles. The summed E-state index contributed by atoms with van der Waals surface area (Å²) in [4.78, 5) is 14.3. The molecule has 0 fully saturated rings. The van der Waals surface area contributed by atoms with E-state index in [4.69, 9.17) is 0 Å². The number of likely N-dealkylation sites (N-methyl/N-ethyl adjacent to an activating group) is 1. The molecule has 0 spiro atoms. The fourth-order valence-corrected chi connectivity index (χ4v) is 2.70. The van der Waals surface area contributed by atoms with Crippen molar-refractivity contribution >= 4 is 5.91 Å². The van der Waals surface area contributed by atoms with Gasteiger partial charge in [0.15, 0.2) is 0 Å². The minimum absolute atomic E-state index is 0.114. The first-order chi connectivity index (χ1) is 9.90. The summed E-state index contributed by atoms with van der Waals surface area (Å²) < 4.78 is 13.8. The van der Waals surface area contributed by atoms with Crippen molar-refractivity contribution in [2.75, 3.05) is 20.6 Å². The van der Waals surface area contributed by atoms with E-state index < -0.39 is 5.82 Å². The lowest BCUT2D eigenvalue weighted by Gasteiger charge is -2.31. The molecule has 0 aliphatic heterocycles. The molecule has 21 heavy (non-hydrogen) atoms. The first-order valence-electron chi connectivity index (χ1n) is 7.61. The Morgan fingerprint density at radius 1 is 1.29 bits per heavy atom. The van der Waals surface area contributed by atoms with Crippen LogP contribution in [0.4, 0.5) is 4.39 Å². The number of nitrogens with zero attached hydrogens (tertiary/aromatic N) is 1. The van der Waals surface area contributed by atoms with Crippen molar-refractivity contribution < 1.29 is 9.18 Å². The number of halogens is 1. The third-order valence-corrected chi connectivity index (χ3v) is 4.10. The minimum atomic E-state index is -0.462. The van der Waals surface area contributed by atoms with Gasteiger partial charge in [0.25, 0.3) is 5.91 Å². The molecule has 3 nitrogen and oxygen atoms in total. The van der Waals surface area contributed by atoms with Crippen LogP contribution in [0.5, 0.6) is 0 Å². The van der Waals surface area contributed by atoms with Crippen LogP contribution in [0.15, 0.2) is 18.2 Å². The SMILES string of the molecule is CCC(CC)C(CNC(=O)c1ccc(C)cc1F)N(C)C. The van der Waals surface area contributed by atoms with E-state index in [-0.39, 0.29) is 17.5 Å². The van der Waals surface area contributed by atoms with Gasteiger partial charge in [-0.05, 0) is 44.6 Å². The highest BCUT2D eigenvalue weighted by molar-refractivity contribution is 5.94. The smallest absolute Gasteiger partial charge is 0.254 e. The normalized spacial score (nSPS) is 12.8. The van der Waals surface area contributed by atoms with E-state index in [0.717, 1.165) is 18.4 Å². The van der Waals surface area contributed by atoms with Crippen LogP contribution in [0.2, 0.25) is 0 Å². The molecule has 1 aromatic carbocycles. The lowest BCUT2D eigenvalue weighted by molar-refractivity contribution is 0.0925. The van der Waals surface area contributed by atoms with Gasteiger partial charge in [0.1, 0.15) is 5.82 Å². The van der Waals surface area contributed by atoms with Gasteiger partial charge in [-0.15, -0.1) is 0 Å². The van der Waals surface area contributed by atoms with Crippen LogP contribution in [0.1, 0.15) is 42.6 Å². The van der Waals surface area contributed by atoms with E-state index >= 15 is 0 Å². The largest absolute Gasteiger partial charge is 0.350 e. The third kappa shape index (κ3) is 4.81. The van der Waals surface area contributed by atoms with Crippen molar-refractivity contribution in [2.45, 2.75) is 39.7 Å². The fraction of sp³-hybridized carbons (Fsp3) is 0.588. The second kappa shape index (κ2) is 8.13. The highest BCUT2D eigenvalue weighted by Gasteiger charge is 2.22. The van der Waals surface area contributed by atoms with Gasteiger partial charge in [-0.25, -0.2) is 4.39 Å². The van der Waals surface area contributed by atoms with Crippen molar-refractivity contribution in [3.05, 3.63) is 35.1 Å². The van der Waals surface area contributed by atoms with Crippen molar-refractivity contribution in [1.29, 1.82) is 0 Å². The van der Waals surface area contributed by atoms with Gasteiger partial charge in [0.2, 0.25) is 0 Å². The van der Waals surface area contributed by atoms with Crippen LogP contribution >= 0.6 is 0 Å². The zero-order valence-electron chi connectivity index (χ0n) is 13.7. The zero-order valence-corrected chi connectivity index (χ0v) is 13.7. The van der Waals surface area contributed by atoms with E-state index in [2.05, 4.69) is 24.1 Å². The maximum Gasteiger partial charge on any atom is 0.254 e. The average molecular weight is 294 g/mol. The Balaban J connectivity index is 2.73. The van der Waals surface area contributed by atoms with Crippen LogP contribution in [0.25, 0.3) is 0 Å². The first-order valence-corrected chi connectivity index (χ1v) is 7.61. The molecule has 118 valence electrons. The summed E-state index contributed by atoms with van der Waals surface area (Å²) in [5.74, 6) is -0.287. The quantitative estimate of drug-likeness (QED) is 0.837. The summed E-state index contributed by atoms with van der Waals surface area (Å²) in [6, 6.07) is 4.95. The lowest BCUT2D eigenvalue weighted by atomic mass is 9.93. The summed E-state index contributed by atoms with van der Waals surface area (Å²) in [7, 11) is 4.03. The molecule has 0 saturated heterocycles. The Bertz CT molecular complexity index is 470. The van der Waals surface area contributed by atoms with E-state index in [1.807, 2.05) is 14.1 Å². The molecule has 1 rings (SSSR count). The third-order valence-electron chi connectivity index (χ3n) is 4.10. The highest BCUT2D eigenvalue weighted by atomic mass is 19.1. The van der Waals surface area contributed by atoms with Crippen LogP contribution in [-0.4, -0.2) is 37.5 Å². The molecule has 0 aromatic heterocycles. The standard InChI is InChI=1S/C17H27FN2O/c1-6-13(7-2)16(20(4)5)11-19-17(21)14-9-8-12(3)10-15(14)18/h8-10,13,16H,6-7,11H2,1-5H3,(H,19,21). The van der Waals surface area contributed by atoms with Crippen LogP contribution < -0.4 is 5.32 Å². The fourth-order valence-electron chi connectivity index (χ4n) is 2.70. The molecule has 0 radical (unpaired) electrons. The second-order valence-electron chi connectivity index (χ2n) is 5.80. The molecule has 0 aliphatic carbocycles. The Hall–Kier alpha value is -1.42. The van der Waals surface area contributed by atoms with Crippen molar-refractivity contribution in [3.8, 4) is 0 Å². The van der Waals surface area contributed by atoms with Gasteiger partial charge in [-0.2, -0.15) is 0 Å². The van der Waals surface area contributed by atoms with Gasteiger partial charge in [0, 0.05) is 12.6 Å². The van der Waals surface area contributed by atoms with E-state index in [1.54, 1.807) is 19.1 Å². The summed E-state index contributed by atoms with van der Waals surface area (Å²) >= 11 is 0. The van der Waals surface area contributed by atoms with Crippen LogP contribution in [-0.2, 0) is 0 Å². The number of nitrogens with one attached hydrogen (secondary N) is 1. The minimum Gasteiger partial charge on any atom is -0.350 e. The van der Waals surface area contributed by atoms with Crippen LogP contribution in [0, 0.1) is 18.7 Å². The lowest BCUT2D eigenvalue weighted by Crippen LogP contribution is -2.44. The summed E-state index contributed by atoms with van der Waals surface area (Å²) in [6.07, 6.45) is 2.13. The molecule has 4 heteroatoms. The number of carbonyl (C=O) groups excluding carboxylic acids is 1. The van der Waals surface area contributed by atoms with Crippen molar-refractivity contribution in [3.63, 3.8) is 0 Å². The summed E-state index contributed by atoms with van der Waals surface area (Å²) in [6.45, 7) is 6.66. The van der Waals surface area contributed by atoms with Gasteiger partial charge in [-0.3, -0.25) is 4.79 Å². The van der Waals surface area contributed by atoms with Gasteiger partial charge in [0.05, 0.1) is 5.56 Å². The highest BCUT2D eigenvalue weighted by Crippen LogP contribution is 2.17. The maximum atomic E-state index is 13.8. The van der Waals surface area contributed by atoms with Crippen molar-refractivity contribution in [1.82, 2.24) is 10.2 Å². The first kappa shape index (κ1) is 17.6. The predicted octanol–water partition coefficient (Wildman–Crippen LogP) is 3.23. The summed E-state index contributed by atoms with van der Waals surface area (Å²) in [5, 5.41) is 2.87. The maximum absolute atomic E-state index is 13.8. The number of hydrogen-bond donors (Lipinski definition) is 1. The Labute approximate surface area is 127 Å². The summed E-state index contributed by atoms with van der Waals surface area (Å²) in [5.41, 5.74) is 0.926. The molecular formula is C17H27FN2O. The molecule has 0 aliphatic rings. The Morgan fingerprint density at radius 3 is 2.38 bits per heavy atom. The molecule has 1 aromatic rings. The Kier molecular flexibility index (Phi) is 6.82. The van der Waals surface area contributed by atoms with Crippen molar-refractivity contribution in [2.24, 2.45) is 5.92 Å². The Morgan fingerprint density at radius 2 is 1.90 bits per heavy atom. The molecule has 1 unspecified atom stereocenters. The topological polar surface area (TPSA) is 32.3 Å².